The molecule has 2 aromatic rings. The SMILES string of the molecule is COc1cc(OC)cc(C(=O)N[C@H](C(=O)Nc2ccc(N3CCN(C)CC3)cc2C)C(C)C)c1. The van der Waals surface area contributed by atoms with Crippen LogP contribution in [0.15, 0.2) is 36.4 Å². The molecule has 2 aromatic carbocycles. The first-order chi connectivity index (χ1) is 16.2. The monoisotopic (exact) mass is 468 g/mol. The quantitative estimate of drug-likeness (QED) is 0.619. The van der Waals surface area contributed by atoms with Crippen molar-refractivity contribution in [3.8, 4) is 11.5 Å². The van der Waals surface area contributed by atoms with Crippen molar-refractivity contribution in [3.63, 3.8) is 0 Å². The first kappa shape index (κ1) is 25.4. The Labute approximate surface area is 202 Å². The molecule has 0 radical (unpaired) electrons. The van der Waals surface area contributed by atoms with Gasteiger partial charge in [-0.1, -0.05) is 13.8 Å². The zero-order valence-electron chi connectivity index (χ0n) is 21.0. The van der Waals surface area contributed by atoms with E-state index in [2.05, 4.69) is 33.5 Å². The summed E-state index contributed by atoms with van der Waals surface area (Å²) < 4.78 is 10.5. The van der Waals surface area contributed by atoms with Crippen molar-refractivity contribution in [1.82, 2.24) is 10.2 Å². The van der Waals surface area contributed by atoms with E-state index >= 15 is 0 Å². The fraction of sp³-hybridized carbons (Fsp3) is 0.462. The Balaban J connectivity index is 1.71. The van der Waals surface area contributed by atoms with Crippen LogP contribution in [0, 0.1) is 12.8 Å². The van der Waals surface area contributed by atoms with Crippen molar-refractivity contribution >= 4 is 23.2 Å². The van der Waals surface area contributed by atoms with Gasteiger partial charge in [0.15, 0.2) is 0 Å². The van der Waals surface area contributed by atoms with Crippen molar-refractivity contribution in [2.24, 2.45) is 5.92 Å². The zero-order valence-corrected chi connectivity index (χ0v) is 21.0. The van der Waals surface area contributed by atoms with E-state index in [1.165, 1.54) is 14.2 Å². The first-order valence-corrected chi connectivity index (χ1v) is 11.6. The Bertz CT molecular complexity index is 994. The van der Waals surface area contributed by atoms with E-state index < -0.39 is 6.04 Å². The Kier molecular flexibility index (Phi) is 8.39. The van der Waals surface area contributed by atoms with Gasteiger partial charge in [0, 0.05) is 49.2 Å². The molecule has 3 rings (SSSR count). The van der Waals surface area contributed by atoms with Gasteiger partial charge in [-0.25, -0.2) is 0 Å². The Hall–Kier alpha value is -3.26. The van der Waals surface area contributed by atoms with Crippen LogP contribution in [0.5, 0.6) is 11.5 Å². The third-order valence-corrected chi connectivity index (χ3v) is 6.19. The molecular formula is C26H36N4O4. The zero-order chi connectivity index (χ0) is 24.8. The molecule has 1 atom stereocenters. The van der Waals surface area contributed by atoms with Gasteiger partial charge in [0.25, 0.3) is 5.91 Å². The summed E-state index contributed by atoms with van der Waals surface area (Å²) in [4.78, 5) is 30.8. The van der Waals surface area contributed by atoms with Gasteiger partial charge in [0.05, 0.1) is 14.2 Å². The van der Waals surface area contributed by atoms with E-state index in [9.17, 15) is 9.59 Å². The van der Waals surface area contributed by atoms with Gasteiger partial charge in [-0.15, -0.1) is 0 Å². The lowest BCUT2D eigenvalue weighted by Gasteiger charge is -2.34. The van der Waals surface area contributed by atoms with Crippen LogP contribution >= 0.6 is 0 Å². The number of methoxy groups -OCH3 is 2. The molecule has 8 nitrogen and oxygen atoms in total. The van der Waals surface area contributed by atoms with Crippen LogP contribution in [0.1, 0.15) is 29.8 Å². The number of piperazine rings is 1. The van der Waals surface area contributed by atoms with Crippen LogP contribution in [0.25, 0.3) is 0 Å². The summed E-state index contributed by atoms with van der Waals surface area (Å²) in [5.41, 5.74) is 3.24. The lowest BCUT2D eigenvalue weighted by atomic mass is 10.0. The average molecular weight is 469 g/mol. The Morgan fingerprint density at radius 3 is 2.09 bits per heavy atom. The fourth-order valence-electron chi connectivity index (χ4n) is 3.96. The second-order valence-corrected chi connectivity index (χ2v) is 9.08. The topological polar surface area (TPSA) is 83.1 Å². The van der Waals surface area contributed by atoms with E-state index in [0.717, 1.165) is 43.1 Å². The van der Waals surface area contributed by atoms with Crippen LogP contribution in [0.2, 0.25) is 0 Å². The van der Waals surface area contributed by atoms with Crippen LogP contribution < -0.4 is 25.0 Å². The fourth-order valence-corrected chi connectivity index (χ4v) is 3.96. The molecule has 1 aliphatic rings. The molecule has 2 amide bonds. The maximum Gasteiger partial charge on any atom is 0.252 e. The van der Waals surface area contributed by atoms with E-state index in [1.807, 2.05) is 32.9 Å². The predicted molar refractivity (Wildman–Crippen MR) is 135 cm³/mol. The number of nitrogens with zero attached hydrogens (tertiary/aromatic N) is 2. The third-order valence-electron chi connectivity index (χ3n) is 6.19. The largest absolute Gasteiger partial charge is 0.497 e. The minimum atomic E-state index is -0.707. The van der Waals surface area contributed by atoms with Gasteiger partial charge in [-0.3, -0.25) is 9.59 Å². The number of likely N-dealkylation sites (N-methyl/N-ethyl adjacent to an activating group) is 1. The number of rotatable bonds is 8. The molecule has 8 heteroatoms. The van der Waals surface area contributed by atoms with Gasteiger partial charge in [-0.2, -0.15) is 0 Å². The van der Waals surface area contributed by atoms with Crippen LogP contribution in [0.4, 0.5) is 11.4 Å². The summed E-state index contributed by atoms with van der Waals surface area (Å²) >= 11 is 0. The highest BCUT2D eigenvalue weighted by molar-refractivity contribution is 6.02. The number of hydrogen-bond acceptors (Lipinski definition) is 6. The normalized spacial score (nSPS) is 15.1. The number of nitrogens with one attached hydrogen (secondary N) is 2. The third kappa shape index (κ3) is 6.20. The molecule has 184 valence electrons. The summed E-state index contributed by atoms with van der Waals surface area (Å²) in [6.07, 6.45) is 0. The van der Waals surface area contributed by atoms with Crippen LogP contribution in [-0.4, -0.2) is 70.2 Å². The summed E-state index contributed by atoms with van der Waals surface area (Å²) in [5.74, 6) is 0.278. The molecule has 1 fully saturated rings. The van der Waals surface area contributed by atoms with Gasteiger partial charge >= 0.3 is 0 Å². The second kappa shape index (κ2) is 11.2. The molecule has 2 N–H and O–H groups in total. The van der Waals surface area contributed by atoms with Gasteiger partial charge in [0.1, 0.15) is 17.5 Å². The number of aryl methyl sites for hydroxylation is 1. The minimum Gasteiger partial charge on any atom is -0.497 e. The number of carbonyl (C=O) groups is 2. The molecule has 1 aliphatic heterocycles. The number of amides is 2. The lowest BCUT2D eigenvalue weighted by Crippen LogP contribution is -2.47. The summed E-state index contributed by atoms with van der Waals surface area (Å²) in [7, 11) is 5.19. The number of anilines is 2. The molecule has 0 bridgehead atoms. The number of benzene rings is 2. The molecule has 1 heterocycles. The highest BCUT2D eigenvalue weighted by Crippen LogP contribution is 2.25. The maximum atomic E-state index is 13.2. The molecule has 0 aromatic heterocycles. The summed E-state index contributed by atoms with van der Waals surface area (Å²) in [5, 5.41) is 5.87. The summed E-state index contributed by atoms with van der Waals surface area (Å²) in [6.45, 7) is 9.83. The van der Waals surface area contributed by atoms with Gasteiger partial charge < -0.3 is 29.9 Å². The minimum absolute atomic E-state index is 0.110. The molecule has 1 saturated heterocycles. The average Bonchev–Trinajstić information content (AvgIpc) is 2.83. The van der Waals surface area contributed by atoms with E-state index in [0.29, 0.717) is 17.1 Å². The van der Waals surface area contributed by atoms with E-state index in [-0.39, 0.29) is 17.7 Å². The first-order valence-electron chi connectivity index (χ1n) is 11.6. The lowest BCUT2D eigenvalue weighted by molar-refractivity contribution is -0.118. The van der Waals surface area contributed by atoms with E-state index in [1.54, 1.807) is 18.2 Å². The molecule has 0 saturated carbocycles. The van der Waals surface area contributed by atoms with Crippen LogP contribution in [-0.2, 0) is 4.79 Å². The molecular weight excluding hydrogens is 432 g/mol. The molecule has 0 spiro atoms. The van der Waals surface area contributed by atoms with Gasteiger partial charge in [0.2, 0.25) is 5.91 Å². The number of ether oxygens (including phenoxy) is 2. The second-order valence-electron chi connectivity index (χ2n) is 9.08. The Morgan fingerprint density at radius 2 is 1.56 bits per heavy atom. The predicted octanol–water partition coefficient (Wildman–Crippen LogP) is 3.16. The smallest absolute Gasteiger partial charge is 0.252 e. The van der Waals surface area contributed by atoms with Crippen molar-refractivity contribution in [2.75, 3.05) is 57.7 Å². The van der Waals surface area contributed by atoms with Crippen molar-refractivity contribution in [3.05, 3.63) is 47.5 Å². The molecule has 0 aliphatic carbocycles. The standard InChI is InChI=1S/C26H36N4O4/c1-17(2)24(28-25(31)19-14-21(33-5)16-22(15-19)34-6)26(32)27-23-8-7-20(13-18(23)3)30-11-9-29(4)10-12-30/h7-8,13-17,24H,9-12H2,1-6H3,(H,27,32)(H,28,31)/t24-/m0/s1. The number of hydrogen-bond donors (Lipinski definition) is 2. The number of carbonyl (C=O) groups excluding carboxylic acids is 2. The molecule has 0 unspecified atom stereocenters. The van der Waals surface area contributed by atoms with Crippen LogP contribution in [0.3, 0.4) is 0 Å². The van der Waals surface area contributed by atoms with Crippen molar-refractivity contribution in [1.29, 1.82) is 0 Å². The van der Waals surface area contributed by atoms with Gasteiger partial charge in [-0.05, 0) is 55.8 Å². The highest BCUT2D eigenvalue weighted by Gasteiger charge is 2.26. The highest BCUT2D eigenvalue weighted by atomic mass is 16.5. The maximum absolute atomic E-state index is 13.2. The van der Waals surface area contributed by atoms with Crippen molar-refractivity contribution < 1.29 is 19.1 Å². The molecule has 34 heavy (non-hydrogen) atoms. The van der Waals surface area contributed by atoms with E-state index in [4.69, 9.17) is 9.47 Å². The van der Waals surface area contributed by atoms with Crippen molar-refractivity contribution in [2.45, 2.75) is 26.8 Å². The Morgan fingerprint density at radius 1 is 0.941 bits per heavy atom. The summed E-state index contributed by atoms with van der Waals surface area (Å²) in [6, 6.07) is 10.3.